The number of allylic oxidation sites excluding steroid dienone is 12. The number of esters is 3. The van der Waals surface area contributed by atoms with Crippen LogP contribution in [0.4, 0.5) is 0 Å². The molecule has 1 atom stereocenters. The minimum Gasteiger partial charge on any atom is -0.462 e. The maximum Gasteiger partial charge on any atom is 0.306 e. The average molecular weight is 879 g/mol. The highest BCUT2D eigenvalue weighted by atomic mass is 16.6. The zero-order valence-electron chi connectivity index (χ0n) is 41.3. The number of hydrogen-bond acceptors (Lipinski definition) is 6. The number of ether oxygens (including phenoxy) is 3. The Kier molecular flexibility index (Phi) is 48.9. The number of rotatable bonds is 47. The third-order valence-corrected chi connectivity index (χ3v) is 11.3. The fourth-order valence-corrected chi connectivity index (χ4v) is 7.28. The lowest BCUT2D eigenvalue weighted by atomic mass is 10.0. The Morgan fingerprint density at radius 3 is 1.10 bits per heavy atom. The maximum atomic E-state index is 12.8. The summed E-state index contributed by atoms with van der Waals surface area (Å²) in [6.07, 6.45) is 64.5. The summed E-state index contributed by atoms with van der Waals surface area (Å²) in [5.41, 5.74) is 0. The van der Waals surface area contributed by atoms with Gasteiger partial charge in [-0.05, 0) is 77.0 Å². The van der Waals surface area contributed by atoms with Gasteiger partial charge in [0.1, 0.15) is 13.2 Å². The van der Waals surface area contributed by atoms with Crippen LogP contribution >= 0.6 is 0 Å². The highest BCUT2D eigenvalue weighted by molar-refractivity contribution is 5.71. The summed E-state index contributed by atoms with van der Waals surface area (Å²) in [5, 5.41) is 0. The standard InChI is InChI=1S/C57H98O6/c1-4-7-10-13-16-19-22-25-27-28-29-30-33-35-38-41-44-47-50-56(59)62-53-54(52-61-55(58)49-46-43-40-37-34-31-24-21-18-15-12-9-6-3)63-57(60)51-48-45-42-39-36-32-26-23-20-17-14-11-8-5-2/h8,11,17,20,22,25-30,32,54H,4-7,9-10,12-16,18-19,21,23-24,31,33-53H2,1-3H3/b11-8-,20-17-,25-22-,28-27-,30-29-,32-26-. The van der Waals surface area contributed by atoms with Gasteiger partial charge in [0.05, 0.1) is 0 Å². The van der Waals surface area contributed by atoms with Gasteiger partial charge in [-0.15, -0.1) is 0 Å². The number of carbonyl (C=O) groups is 3. The van der Waals surface area contributed by atoms with Crippen molar-refractivity contribution in [2.75, 3.05) is 13.2 Å². The highest BCUT2D eigenvalue weighted by Gasteiger charge is 2.19. The van der Waals surface area contributed by atoms with Crippen LogP contribution in [0.3, 0.4) is 0 Å². The lowest BCUT2D eigenvalue weighted by Crippen LogP contribution is -2.30. The van der Waals surface area contributed by atoms with Crippen LogP contribution in [0.25, 0.3) is 0 Å². The van der Waals surface area contributed by atoms with E-state index in [0.29, 0.717) is 19.3 Å². The first kappa shape index (κ1) is 59.9. The first-order valence-electron chi connectivity index (χ1n) is 26.5. The lowest BCUT2D eigenvalue weighted by Gasteiger charge is -2.18. The molecule has 0 radical (unpaired) electrons. The topological polar surface area (TPSA) is 78.9 Å². The number of hydrogen-bond donors (Lipinski definition) is 0. The van der Waals surface area contributed by atoms with Gasteiger partial charge in [0, 0.05) is 19.3 Å². The Morgan fingerprint density at radius 1 is 0.349 bits per heavy atom. The second-order valence-corrected chi connectivity index (χ2v) is 17.5. The lowest BCUT2D eigenvalue weighted by molar-refractivity contribution is -0.167. The van der Waals surface area contributed by atoms with Crippen LogP contribution in [0.15, 0.2) is 72.9 Å². The van der Waals surface area contributed by atoms with E-state index in [2.05, 4.69) is 93.7 Å². The van der Waals surface area contributed by atoms with E-state index in [-0.39, 0.29) is 31.1 Å². The van der Waals surface area contributed by atoms with E-state index < -0.39 is 6.10 Å². The average Bonchev–Trinajstić information content (AvgIpc) is 3.28. The van der Waals surface area contributed by atoms with Gasteiger partial charge in [-0.2, -0.15) is 0 Å². The second kappa shape index (κ2) is 51.5. The first-order chi connectivity index (χ1) is 31.0. The highest BCUT2D eigenvalue weighted by Crippen LogP contribution is 2.15. The molecular formula is C57H98O6. The summed E-state index contributed by atoms with van der Waals surface area (Å²) in [4.78, 5) is 38.0. The van der Waals surface area contributed by atoms with E-state index in [1.54, 1.807) is 0 Å². The molecule has 0 bridgehead atoms. The summed E-state index contributed by atoms with van der Waals surface area (Å²) in [6.45, 7) is 6.48. The van der Waals surface area contributed by atoms with Crippen LogP contribution in [0, 0.1) is 0 Å². The fourth-order valence-electron chi connectivity index (χ4n) is 7.28. The molecule has 0 aliphatic rings. The van der Waals surface area contributed by atoms with Crippen LogP contribution in [-0.4, -0.2) is 37.2 Å². The second-order valence-electron chi connectivity index (χ2n) is 17.5. The van der Waals surface area contributed by atoms with E-state index in [9.17, 15) is 14.4 Å². The third kappa shape index (κ3) is 49.7. The van der Waals surface area contributed by atoms with Crippen LogP contribution in [0.5, 0.6) is 0 Å². The molecule has 0 rings (SSSR count). The molecule has 0 aliphatic carbocycles. The van der Waals surface area contributed by atoms with Gasteiger partial charge in [-0.1, -0.05) is 229 Å². The van der Waals surface area contributed by atoms with Gasteiger partial charge in [-0.3, -0.25) is 14.4 Å². The van der Waals surface area contributed by atoms with Crippen molar-refractivity contribution in [2.45, 2.75) is 258 Å². The van der Waals surface area contributed by atoms with Crippen molar-refractivity contribution < 1.29 is 28.6 Å². The Bertz CT molecular complexity index is 1190. The normalized spacial score (nSPS) is 12.6. The van der Waals surface area contributed by atoms with Crippen LogP contribution in [0.1, 0.15) is 252 Å². The van der Waals surface area contributed by atoms with Gasteiger partial charge in [0.15, 0.2) is 6.10 Å². The molecule has 0 aromatic rings. The minimum absolute atomic E-state index is 0.0899. The molecule has 0 aromatic heterocycles. The van der Waals surface area contributed by atoms with Crippen molar-refractivity contribution in [3.05, 3.63) is 72.9 Å². The van der Waals surface area contributed by atoms with Gasteiger partial charge >= 0.3 is 17.9 Å². The maximum absolute atomic E-state index is 12.8. The monoisotopic (exact) mass is 879 g/mol. The zero-order chi connectivity index (χ0) is 45.8. The predicted octanol–water partition coefficient (Wildman–Crippen LogP) is 17.4. The van der Waals surface area contributed by atoms with Gasteiger partial charge in [0.2, 0.25) is 0 Å². The summed E-state index contributed by atoms with van der Waals surface area (Å²) in [7, 11) is 0. The molecule has 0 saturated heterocycles. The van der Waals surface area contributed by atoms with E-state index in [1.165, 1.54) is 103 Å². The molecule has 0 aromatic carbocycles. The van der Waals surface area contributed by atoms with Crippen molar-refractivity contribution in [2.24, 2.45) is 0 Å². The van der Waals surface area contributed by atoms with E-state index >= 15 is 0 Å². The van der Waals surface area contributed by atoms with Crippen molar-refractivity contribution in [3.8, 4) is 0 Å². The third-order valence-electron chi connectivity index (χ3n) is 11.3. The molecule has 0 aliphatic heterocycles. The summed E-state index contributed by atoms with van der Waals surface area (Å²) in [6, 6.07) is 0. The molecule has 1 unspecified atom stereocenters. The van der Waals surface area contributed by atoms with E-state index in [4.69, 9.17) is 14.2 Å². The van der Waals surface area contributed by atoms with Crippen LogP contribution in [0.2, 0.25) is 0 Å². The Balaban J connectivity index is 4.44. The minimum atomic E-state index is -0.793. The molecule has 0 heterocycles. The number of carbonyl (C=O) groups excluding carboxylic acids is 3. The van der Waals surface area contributed by atoms with Gasteiger partial charge in [-0.25, -0.2) is 0 Å². The van der Waals surface area contributed by atoms with Crippen molar-refractivity contribution in [1.82, 2.24) is 0 Å². The molecule has 0 N–H and O–H groups in total. The van der Waals surface area contributed by atoms with Crippen molar-refractivity contribution in [3.63, 3.8) is 0 Å². The molecule has 362 valence electrons. The van der Waals surface area contributed by atoms with Gasteiger partial charge < -0.3 is 14.2 Å². The first-order valence-corrected chi connectivity index (χ1v) is 26.5. The summed E-state index contributed by atoms with van der Waals surface area (Å²) in [5.74, 6) is -0.929. The van der Waals surface area contributed by atoms with Crippen LogP contribution < -0.4 is 0 Å². The summed E-state index contributed by atoms with van der Waals surface area (Å²) < 4.78 is 16.8. The molecule has 63 heavy (non-hydrogen) atoms. The molecule has 6 nitrogen and oxygen atoms in total. The van der Waals surface area contributed by atoms with Crippen molar-refractivity contribution in [1.29, 1.82) is 0 Å². The molecule has 0 saturated carbocycles. The Hall–Kier alpha value is -3.15. The SMILES string of the molecule is CC/C=C\C/C=C\C/C=C\CCCCCCC(=O)OC(COC(=O)CCCCCCC\C=C/C=C\C=C/CCCCCCC)COC(=O)CCCCCCCCCCCCCCC. The molecule has 0 fully saturated rings. The predicted molar refractivity (Wildman–Crippen MR) is 270 cm³/mol. The molecule has 0 amide bonds. The largest absolute Gasteiger partial charge is 0.462 e. The zero-order valence-corrected chi connectivity index (χ0v) is 41.3. The quantitative estimate of drug-likeness (QED) is 0.0199. The Morgan fingerprint density at radius 2 is 0.683 bits per heavy atom. The molecular weight excluding hydrogens is 781 g/mol. The van der Waals surface area contributed by atoms with Crippen LogP contribution in [-0.2, 0) is 28.6 Å². The summed E-state index contributed by atoms with van der Waals surface area (Å²) >= 11 is 0. The fraction of sp³-hybridized carbons (Fsp3) is 0.737. The van der Waals surface area contributed by atoms with E-state index in [0.717, 1.165) is 109 Å². The van der Waals surface area contributed by atoms with Crippen molar-refractivity contribution >= 4 is 17.9 Å². The number of unbranched alkanes of at least 4 members (excludes halogenated alkanes) is 26. The van der Waals surface area contributed by atoms with E-state index in [1.807, 2.05) is 0 Å². The Labute approximate surface area is 389 Å². The smallest absolute Gasteiger partial charge is 0.306 e. The molecule has 0 spiro atoms. The molecule has 6 heteroatoms. The van der Waals surface area contributed by atoms with Gasteiger partial charge in [0.25, 0.3) is 0 Å².